The molecule has 4 aliphatic heterocycles. The second-order valence-corrected chi connectivity index (χ2v) is 34.1. The third-order valence-corrected chi connectivity index (χ3v) is 24.7. The number of nitrogen functional groups attached to an aromatic ring is 2. The first-order chi connectivity index (χ1) is 61.3. The summed E-state index contributed by atoms with van der Waals surface area (Å²) in [5.41, 5.74) is 20.0. The van der Waals surface area contributed by atoms with Crippen molar-refractivity contribution in [2.45, 2.75) is 212 Å². The second-order valence-electron chi connectivity index (χ2n) is 34.1. The Morgan fingerprint density at radius 1 is 0.701 bits per heavy atom. The number of Topliss-reactive ketones (excluding diaryl/α,β-unsaturated/α-hetero) is 2. The summed E-state index contributed by atoms with van der Waals surface area (Å²) in [4.78, 5) is 100. The Labute approximate surface area is 744 Å². The first-order valence-corrected chi connectivity index (χ1v) is 45.0. The van der Waals surface area contributed by atoms with Crippen LogP contribution in [-0.4, -0.2) is 293 Å². The maximum absolute atomic E-state index is 14.8. The van der Waals surface area contributed by atoms with E-state index in [9.17, 15) is 44.1 Å². The van der Waals surface area contributed by atoms with Crippen LogP contribution in [0.2, 0.25) is 0 Å². The van der Waals surface area contributed by atoms with Gasteiger partial charge in [0.25, 0.3) is 17.7 Å². The molecule has 0 spiro atoms. The smallest absolute Gasteiger partial charge is 0.407 e. The minimum absolute atomic E-state index is 0.00472. The summed E-state index contributed by atoms with van der Waals surface area (Å²) >= 11 is 0. The minimum Gasteiger partial charge on any atom is -0.460 e. The molecule has 1 aliphatic carbocycles. The van der Waals surface area contributed by atoms with Crippen molar-refractivity contribution >= 4 is 69.4 Å². The van der Waals surface area contributed by atoms with Crippen molar-refractivity contribution in [1.29, 1.82) is 0 Å². The SMILES string of the molecule is CO[C@H]1C[C@@H]2CC[C@@H](C)[C@@](O)(O2)C(=O)C(=O)N2CCCC[C@H]2C(=O)O[C@H]([C@H](C)C[C@@H]2CC[C@@H](OC(=O)NCCOCCOCCOCCOCCOCCOCCOCCOCCC(=O)N3CCc4cc(Cn5nc(-c6ccc7oc(N)nc7c6)c6c(N)ncnc65)ccc4C3)[C@H](OC)C2)C[C@@H](O)[C@H](C)/C=C(\C)[C@@H](O)[C@@H](OC)C(=O)[C@H](C)C[C@H](C)/C=C/C=CC=C1C. The molecule has 0 radical (unpaired) electrons. The van der Waals surface area contributed by atoms with Crippen LogP contribution in [0.5, 0.6) is 0 Å². The lowest BCUT2D eigenvalue weighted by atomic mass is 9.78. The van der Waals surface area contributed by atoms with Gasteiger partial charge in [0, 0.05) is 83.7 Å². The number of alkyl carbamates (subject to hydrolysis) is 1. The van der Waals surface area contributed by atoms with Crippen LogP contribution in [0.1, 0.15) is 149 Å². The molecule has 1 saturated carbocycles. The highest BCUT2D eigenvalue weighted by molar-refractivity contribution is 6.39. The highest BCUT2D eigenvalue weighted by Crippen LogP contribution is 2.40. The molecular weight excluding hydrogens is 1640 g/mol. The average molecular weight is 1780 g/mol. The number of esters is 1. The van der Waals surface area contributed by atoms with Gasteiger partial charge < -0.3 is 113 Å². The van der Waals surface area contributed by atoms with Crippen LogP contribution in [0, 0.1) is 35.5 Å². The standard InChI is InChI=1S/C93H136N10O24/c1-59-16-12-11-13-17-60(2)77(113-8)54-71-24-19-65(7)93(112,127-71)86(108)89(109)102-30-15-14-18-73(102)90(110)124-78(55-74(104)61(3)49-64(6)84(107)85(115-10)83(106)63(5)48-59)62(4)50-66-21-25-76(79(52-66)114-9)126-92(111)96-29-33-117-35-37-119-39-41-121-43-45-123-47-46-122-44-42-120-40-38-118-36-34-116-32-28-80(105)101-31-27-68-51-67(20-22-70(68)57-101)56-103-88-81(87(94)97-58-98-88)82(100-103)69-23-26-75-72(53-69)99-91(95)125-75/h11-13,16-17,20,22-23,26,49,51,53,58-59,61-63,65-66,71,73-74,76-79,84-85,104,107,112H,14-15,18-19,21,24-25,27-48,50,52,54-57H2,1-10H3,(H2,95,99)(H,96,111)(H2,94,97,98)/b13-11?,16-12+,60-17?,64-49+/t59-,61-,62-,63-,65-,66+,71+,73+,74-,76-,77+,78+,79-,84-,85+,93-/m1/s1. The van der Waals surface area contributed by atoms with Crippen LogP contribution in [0.4, 0.5) is 16.6 Å². The van der Waals surface area contributed by atoms with Gasteiger partial charge in [0.2, 0.25) is 11.7 Å². The number of nitrogens with two attached hydrogens (primary N) is 2. The zero-order valence-electron chi connectivity index (χ0n) is 75.6. The van der Waals surface area contributed by atoms with Crippen molar-refractivity contribution < 1.29 is 115 Å². The number of benzene rings is 2. The molecule has 702 valence electrons. The highest BCUT2D eigenvalue weighted by atomic mass is 16.6. The predicted molar refractivity (Wildman–Crippen MR) is 471 cm³/mol. The van der Waals surface area contributed by atoms with Gasteiger partial charge in [-0.2, -0.15) is 10.1 Å². The third kappa shape index (κ3) is 29.5. The number of aromatic nitrogens is 5. The van der Waals surface area contributed by atoms with Crippen LogP contribution in [0.15, 0.2) is 94.7 Å². The van der Waals surface area contributed by atoms with Crippen LogP contribution in [0.3, 0.4) is 0 Å². The number of aliphatic hydroxyl groups is 3. The fourth-order valence-electron chi connectivity index (χ4n) is 17.3. The molecule has 3 aromatic heterocycles. The summed E-state index contributed by atoms with van der Waals surface area (Å²) < 4.78 is 88.5. The molecular formula is C93H136N10O24. The molecule has 2 saturated heterocycles. The summed E-state index contributed by atoms with van der Waals surface area (Å²) in [6.45, 7) is 20.5. The molecule has 3 fully saturated rings. The Morgan fingerprint density at radius 3 is 2.05 bits per heavy atom. The molecule has 3 amide bonds. The van der Waals surface area contributed by atoms with E-state index in [1.807, 2.05) is 79.8 Å². The highest BCUT2D eigenvalue weighted by Gasteiger charge is 2.53. The summed E-state index contributed by atoms with van der Waals surface area (Å²) in [5, 5.41) is 44.2. The molecule has 2 bridgehead atoms. The number of amides is 3. The van der Waals surface area contributed by atoms with E-state index in [2.05, 4.69) is 38.5 Å². The van der Waals surface area contributed by atoms with Gasteiger partial charge in [-0.3, -0.25) is 19.2 Å². The number of nitrogens with one attached hydrogen (secondary N) is 1. The van der Waals surface area contributed by atoms with Crippen LogP contribution in [-0.2, 0) is 110 Å². The number of allylic oxidation sites excluding steroid dienone is 5. The molecule has 7 heterocycles. The van der Waals surface area contributed by atoms with Crippen LogP contribution in [0.25, 0.3) is 33.4 Å². The van der Waals surface area contributed by atoms with Gasteiger partial charge in [-0.25, -0.2) is 24.2 Å². The first kappa shape index (κ1) is 101. The summed E-state index contributed by atoms with van der Waals surface area (Å²) in [5.74, 6) is -7.56. The van der Waals surface area contributed by atoms with Crippen LogP contribution < -0.4 is 16.8 Å². The number of nitrogens with zero attached hydrogens (tertiary/aromatic N) is 7. The number of aliphatic hydroxyl groups excluding tert-OH is 2. The Kier molecular flexibility index (Phi) is 40.5. The number of oxazole rings is 1. The quantitative estimate of drug-likeness (QED) is 0.00934. The fraction of sp³-hybridized carbons (Fsp3) is 0.656. The van der Waals surface area contributed by atoms with Gasteiger partial charge in [-0.15, -0.1) is 0 Å². The van der Waals surface area contributed by atoms with Crippen molar-refractivity contribution in [2.75, 3.05) is 158 Å². The second kappa shape index (κ2) is 51.1. The number of ether oxygens (including phenoxy) is 14. The van der Waals surface area contributed by atoms with E-state index in [1.54, 1.807) is 47.1 Å². The van der Waals surface area contributed by atoms with E-state index < -0.39 is 102 Å². The first-order valence-electron chi connectivity index (χ1n) is 45.0. The van der Waals surface area contributed by atoms with Gasteiger partial charge in [-0.05, 0) is 148 Å². The Balaban J connectivity index is 0.552. The normalized spacial score (nSPS) is 26.9. The molecule has 34 nitrogen and oxygen atoms in total. The molecule has 16 atom stereocenters. The maximum atomic E-state index is 14.8. The molecule has 0 unspecified atom stereocenters. The van der Waals surface area contributed by atoms with Crippen molar-refractivity contribution in [1.82, 2.24) is 39.8 Å². The van der Waals surface area contributed by atoms with E-state index in [0.717, 1.165) is 28.7 Å². The zero-order chi connectivity index (χ0) is 90.9. The number of cyclic esters (lactones) is 1. The summed E-state index contributed by atoms with van der Waals surface area (Å²) in [7, 11) is 4.52. The van der Waals surface area contributed by atoms with E-state index in [4.69, 9.17) is 87.3 Å². The predicted octanol–water partition coefficient (Wildman–Crippen LogP) is 8.97. The number of fused-ring (bicyclic) bond motifs is 6. The number of hydrogen-bond donors (Lipinski definition) is 6. The monoisotopic (exact) mass is 1780 g/mol. The largest absolute Gasteiger partial charge is 0.460 e. The molecule has 8 N–H and O–H groups in total. The van der Waals surface area contributed by atoms with Crippen molar-refractivity contribution in [3.8, 4) is 11.3 Å². The van der Waals surface area contributed by atoms with Crippen molar-refractivity contribution in [3.05, 3.63) is 107 Å². The van der Waals surface area contributed by atoms with Crippen molar-refractivity contribution in [2.24, 2.45) is 35.5 Å². The molecule has 10 rings (SSSR count). The maximum Gasteiger partial charge on any atom is 0.407 e. The molecule has 5 aliphatic rings. The summed E-state index contributed by atoms with van der Waals surface area (Å²) in [6, 6.07) is 10.7. The van der Waals surface area contributed by atoms with Crippen molar-refractivity contribution in [3.63, 3.8) is 0 Å². The lowest BCUT2D eigenvalue weighted by molar-refractivity contribution is -0.265. The van der Waals surface area contributed by atoms with Gasteiger partial charge >= 0.3 is 12.1 Å². The lowest BCUT2D eigenvalue weighted by Gasteiger charge is -2.43. The number of hydrogen-bond acceptors (Lipinski definition) is 30. The number of piperidine rings is 1. The van der Waals surface area contributed by atoms with E-state index >= 15 is 0 Å². The Bertz CT molecular complexity index is 4460. The number of methoxy groups -OCH3 is 3. The molecule has 34 heteroatoms. The average Bonchev–Trinajstić information content (AvgIpc) is 1.71. The Morgan fingerprint density at radius 2 is 1.38 bits per heavy atom. The summed E-state index contributed by atoms with van der Waals surface area (Å²) in [6.07, 6.45) is 11.4. The van der Waals surface area contributed by atoms with Gasteiger partial charge in [-0.1, -0.05) is 89.3 Å². The Hall–Kier alpha value is -8.56. The molecule has 5 aromatic rings. The molecule has 127 heavy (non-hydrogen) atoms. The number of rotatable bonds is 37. The number of carbonyl (C=O) groups excluding carboxylic acids is 6. The van der Waals surface area contributed by atoms with E-state index in [-0.39, 0.29) is 74.4 Å². The van der Waals surface area contributed by atoms with E-state index in [1.165, 1.54) is 23.9 Å². The zero-order valence-corrected chi connectivity index (χ0v) is 75.6. The van der Waals surface area contributed by atoms with Crippen LogP contribution >= 0.6 is 0 Å². The fourth-order valence-corrected chi connectivity index (χ4v) is 17.3. The number of carbonyl (C=O) groups is 6. The number of ketones is 2. The topological polar surface area (TPSA) is 433 Å². The van der Waals surface area contributed by atoms with Gasteiger partial charge in [0.05, 0.1) is 148 Å². The minimum atomic E-state index is -2.47. The lowest BCUT2D eigenvalue weighted by Crippen LogP contribution is -2.61. The van der Waals surface area contributed by atoms with Gasteiger partial charge in [0.15, 0.2) is 17.0 Å². The van der Waals surface area contributed by atoms with Gasteiger partial charge in [0.1, 0.15) is 53.8 Å². The third-order valence-electron chi connectivity index (χ3n) is 24.7. The molecule has 2 aromatic carbocycles. The van der Waals surface area contributed by atoms with E-state index in [0.29, 0.717) is 222 Å². The number of anilines is 2.